The van der Waals surface area contributed by atoms with Gasteiger partial charge in [0.2, 0.25) is 0 Å². The van der Waals surface area contributed by atoms with E-state index in [1.807, 2.05) is 0 Å². The van der Waals surface area contributed by atoms with E-state index in [1.165, 1.54) is 12.1 Å². The van der Waals surface area contributed by atoms with Gasteiger partial charge in [0.25, 0.3) is 0 Å². The van der Waals surface area contributed by atoms with Crippen LogP contribution in [0, 0.1) is 0 Å². The van der Waals surface area contributed by atoms with Crippen LogP contribution in [0.5, 0.6) is 23.0 Å². The lowest BCUT2D eigenvalue weighted by molar-refractivity contribution is -0.0218. The molecule has 21 heavy (non-hydrogen) atoms. The first-order valence-electron chi connectivity index (χ1n) is 6.56. The van der Waals surface area contributed by atoms with E-state index in [1.54, 1.807) is 31.4 Å². The van der Waals surface area contributed by atoms with Crippen LogP contribution in [0.4, 0.5) is 0 Å². The van der Waals surface area contributed by atoms with Crippen molar-refractivity contribution in [2.24, 2.45) is 0 Å². The Labute approximate surface area is 122 Å². The maximum absolute atomic E-state index is 10.8. The van der Waals surface area contributed by atoms with Crippen molar-refractivity contribution in [2.45, 2.75) is 12.0 Å². The fraction of sp³-hybridized carbons (Fsp3) is 0.250. The first-order chi connectivity index (χ1) is 10.0. The molecule has 0 radical (unpaired) electrons. The predicted octanol–water partition coefficient (Wildman–Crippen LogP) is 1.93. The summed E-state index contributed by atoms with van der Waals surface area (Å²) < 4.78 is 10.6. The van der Waals surface area contributed by atoms with Crippen LogP contribution in [0.2, 0.25) is 0 Å². The van der Waals surface area contributed by atoms with Gasteiger partial charge in [-0.05, 0) is 23.8 Å². The number of benzene rings is 2. The SMILES string of the molecule is COc1ccc(C2(O)COc3cc(O)c(O)cc3C2)cc1. The second-order valence-electron chi connectivity index (χ2n) is 5.17. The van der Waals surface area contributed by atoms with E-state index in [0.29, 0.717) is 29.0 Å². The third-order valence-electron chi connectivity index (χ3n) is 3.73. The second-order valence-corrected chi connectivity index (χ2v) is 5.17. The largest absolute Gasteiger partial charge is 0.504 e. The van der Waals surface area contributed by atoms with Crippen molar-refractivity contribution < 1.29 is 24.8 Å². The topological polar surface area (TPSA) is 79.2 Å². The molecule has 3 rings (SSSR count). The van der Waals surface area contributed by atoms with Crippen LogP contribution in [-0.2, 0) is 12.0 Å². The summed E-state index contributed by atoms with van der Waals surface area (Å²) in [5.41, 5.74) is 0.180. The Morgan fingerprint density at radius 2 is 1.76 bits per heavy atom. The van der Waals surface area contributed by atoms with E-state index in [0.717, 1.165) is 0 Å². The van der Waals surface area contributed by atoms with Crippen molar-refractivity contribution in [3.63, 3.8) is 0 Å². The normalized spacial score (nSPS) is 20.5. The fourth-order valence-corrected chi connectivity index (χ4v) is 2.52. The number of phenolic OH excluding ortho intramolecular Hbond substituents is 2. The molecule has 0 spiro atoms. The van der Waals surface area contributed by atoms with Gasteiger partial charge in [-0.2, -0.15) is 0 Å². The Kier molecular flexibility index (Phi) is 3.14. The maximum atomic E-state index is 10.8. The second kappa shape index (κ2) is 4.86. The molecule has 5 heteroatoms. The van der Waals surface area contributed by atoms with Gasteiger partial charge in [0.15, 0.2) is 11.5 Å². The number of ether oxygens (including phenoxy) is 2. The van der Waals surface area contributed by atoms with Crippen LogP contribution in [0.15, 0.2) is 36.4 Å². The maximum Gasteiger partial charge on any atom is 0.161 e. The number of hydrogen-bond acceptors (Lipinski definition) is 5. The van der Waals surface area contributed by atoms with E-state index in [4.69, 9.17) is 9.47 Å². The number of aromatic hydroxyl groups is 2. The van der Waals surface area contributed by atoms with E-state index in [9.17, 15) is 15.3 Å². The van der Waals surface area contributed by atoms with Gasteiger partial charge >= 0.3 is 0 Å². The van der Waals surface area contributed by atoms with Gasteiger partial charge in [0.1, 0.15) is 23.7 Å². The van der Waals surface area contributed by atoms with Gasteiger partial charge in [-0.15, -0.1) is 0 Å². The summed E-state index contributed by atoms with van der Waals surface area (Å²) in [5.74, 6) is 0.727. The fourth-order valence-electron chi connectivity index (χ4n) is 2.52. The zero-order valence-electron chi connectivity index (χ0n) is 11.5. The molecule has 1 aliphatic rings. The summed E-state index contributed by atoms with van der Waals surface area (Å²) in [4.78, 5) is 0. The zero-order valence-corrected chi connectivity index (χ0v) is 11.5. The number of fused-ring (bicyclic) bond motifs is 1. The van der Waals surface area contributed by atoms with Crippen LogP contribution in [0.1, 0.15) is 11.1 Å². The monoisotopic (exact) mass is 288 g/mol. The minimum absolute atomic E-state index is 0.0799. The molecular weight excluding hydrogens is 272 g/mol. The van der Waals surface area contributed by atoms with Crippen LogP contribution in [-0.4, -0.2) is 29.0 Å². The first kappa shape index (κ1) is 13.6. The van der Waals surface area contributed by atoms with Crippen molar-refractivity contribution in [3.05, 3.63) is 47.5 Å². The highest BCUT2D eigenvalue weighted by Crippen LogP contribution is 2.40. The van der Waals surface area contributed by atoms with Crippen LogP contribution in [0.3, 0.4) is 0 Å². The third kappa shape index (κ3) is 2.36. The molecule has 0 aliphatic carbocycles. The molecule has 1 atom stereocenters. The van der Waals surface area contributed by atoms with Gasteiger partial charge < -0.3 is 24.8 Å². The quantitative estimate of drug-likeness (QED) is 0.736. The highest BCUT2D eigenvalue weighted by Gasteiger charge is 2.36. The van der Waals surface area contributed by atoms with E-state index < -0.39 is 5.60 Å². The summed E-state index contributed by atoms with van der Waals surface area (Å²) in [7, 11) is 1.58. The highest BCUT2D eigenvalue weighted by molar-refractivity contribution is 5.51. The molecule has 2 aromatic carbocycles. The molecule has 0 bridgehead atoms. The molecule has 1 unspecified atom stereocenters. The molecule has 1 aliphatic heterocycles. The summed E-state index contributed by atoms with van der Waals surface area (Å²) in [6.45, 7) is 0.0799. The molecule has 110 valence electrons. The predicted molar refractivity (Wildman–Crippen MR) is 75.9 cm³/mol. The molecule has 0 saturated heterocycles. The summed E-state index contributed by atoms with van der Waals surface area (Å²) >= 11 is 0. The highest BCUT2D eigenvalue weighted by atomic mass is 16.5. The summed E-state index contributed by atoms with van der Waals surface area (Å²) in [6, 6.07) is 9.89. The van der Waals surface area contributed by atoms with Gasteiger partial charge in [-0.25, -0.2) is 0 Å². The Morgan fingerprint density at radius 1 is 1.10 bits per heavy atom. The molecule has 3 N–H and O–H groups in total. The molecule has 2 aromatic rings. The zero-order chi connectivity index (χ0) is 15.0. The Bertz CT molecular complexity index is 665. The molecule has 0 aromatic heterocycles. The van der Waals surface area contributed by atoms with Crippen molar-refractivity contribution in [1.82, 2.24) is 0 Å². The lowest BCUT2D eigenvalue weighted by Crippen LogP contribution is -2.38. The number of aliphatic hydroxyl groups is 1. The van der Waals surface area contributed by atoms with E-state index >= 15 is 0 Å². The minimum atomic E-state index is -1.18. The van der Waals surface area contributed by atoms with Crippen LogP contribution < -0.4 is 9.47 Å². The van der Waals surface area contributed by atoms with Crippen molar-refractivity contribution in [2.75, 3.05) is 13.7 Å². The van der Waals surface area contributed by atoms with Crippen molar-refractivity contribution in [3.8, 4) is 23.0 Å². The van der Waals surface area contributed by atoms with Gasteiger partial charge in [0.05, 0.1) is 7.11 Å². The molecule has 0 amide bonds. The van der Waals surface area contributed by atoms with Gasteiger partial charge in [0, 0.05) is 18.1 Å². The summed E-state index contributed by atoms with van der Waals surface area (Å²) in [5, 5.41) is 29.9. The lowest BCUT2D eigenvalue weighted by Gasteiger charge is -2.34. The standard InChI is InChI=1S/C16H16O5/c1-20-12-4-2-11(3-5-12)16(19)8-10-6-13(17)14(18)7-15(10)21-9-16/h2-7,17-19H,8-9H2,1H3. The van der Waals surface area contributed by atoms with Crippen LogP contribution in [0.25, 0.3) is 0 Å². The van der Waals surface area contributed by atoms with Crippen molar-refractivity contribution in [1.29, 1.82) is 0 Å². The average molecular weight is 288 g/mol. The Morgan fingerprint density at radius 3 is 2.43 bits per heavy atom. The number of hydrogen-bond donors (Lipinski definition) is 3. The smallest absolute Gasteiger partial charge is 0.161 e. The van der Waals surface area contributed by atoms with Crippen LogP contribution >= 0.6 is 0 Å². The Balaban J connectivity index is 1.94. The van der Waals surface area contributed by atoms with E-state index in [2.05, 4.69) is 0 Å². The van der Waals surface area contributed by atoms with Gasteiger partial charge in [-0.3, -0.25) is 0 Å². The third-order valence-corrected chi connectivity index (χ3v) is 3.73. The number of phenols is 2. The molecular formula is C16H16O5. The molecule has 1 heterocycles. The molecule has 0 saturated carbocycles. The van der Waals surface area contributed by atoms with E-state index in [-0.39, 0.29) is 18.1 Å². The lowest BCUT2D eigenvalue weighted by atomic mass is 9.85. The number of rotatable bonds is 2. The first-order valence-corrected chi connectivity index (χ1v) is 6.56. The van der Waals surface area contributed by atoms with Gasteiger partial charge in [-0.1, -0.05) is 12.1 Å². The average Bonchev–Trinajstić information content (AvgIpc) is 2.49. The summed E-state index contributed by atoms with van der Waals surface area (Å²) in [6.07, 6.45) is 0.294. The molecule has 5 nitrogen and oxygen atoms in total. The molecule has 0 fully saturated rings. The minimum Gasteiger partial charge on any atom is -0.504 e. The van der Waals surface area contributed by atoms with Crippen molar-refractivity contribution >= 4 is 0 Å². The number of methoxy groups -OCH3 is 1. The Hall–Kier alpha value is -2.40.